The second kappa shape index (κ2) is 10.8. The monoisotopic (exact) mass is 517 g/mol. The zero-order valence-electron chi connectivity index (χ0n) is 24.1. The number of ether oxygens (including phenoxy) is 1. The highest BCUT2D eigenvalue weighted by Gasteiger charge is 2.52. The molecular weight excluding hydrogens is 473 g/mol. The van der Waals surface area contributed by atoms with Crippen molar-refractivity contribution in [3.8, 4) is 0 Å². The molecule has 206 valence electrons. The number of aromatic nitrogens is 2. The van der Waals surface area contributed by atoms with Crippen molar-refractivity contribution >= 4 is 30.5 Å². The topological polar surface area (TPSA) is 106 Å². The number of piperidine rings is 1. The van der Waals surface area contributed by atoms with Crippen LogP contribution in [-0.2, 0) is 18.8 Å². The first-order chi connectivity index (χ1) is 17.0. The van der Waals surface area contributed by atoms with Crippen LogP contribution in [0.1, 0.15) is 75.2 Å². The van der Waals surface area contributed by atoms with Crippen LogP contribution in [0.4, 0.5) is 10.7 Å². The molecule has 0 aliphatic carbocycles. The summed E-state index contributed by atoms with van der Waals surface area (Å²) in [4.78, 5) is 38.8. The van der Waals surface area contributed by atoms with E-state index in [0.717, 1.165) is 18.3 Å². The molecule has 0 spiro atoms. The molecule has 0 radical (unpaired) electrons. The van der Waals surface area contributed by atoms with E-state index in [4.69, 9.17) is 14.0 Å². The molecule has 2 aliphatic rings. The first-order valence-corrected chi connectivity index (χ1v) is 13.2. The molecule has 2 unspecified atom stereocenters. The summed E-state index contributed by atoms with van der Waals surface area (Å²) in [5.74, 6) is 0.395. The van der Waals surface area contributed by atoms with Gasteiger partial charge < -0.3 is 29.2 Å². The van der Waals surface area contributed by atoms with Gasteiger partial charge in [0.05, 0.1) is 11.2 Å². The van der Waals surface area contributed by atoms with Crippen LogP contribution in [0, 0.1) is 5.92 Å². The summed E-state index contributed by atoms with van der Waals surface area (Å²) in [5.41, 5.74) is -0.732. The zero-order chi connectivity index (χ0) is 27.8. The minimum absolute atomic E-state index is 0.0507. The molecule has 37 heavy (non-hydrogen) atoms. The lowest BCUT2D eigenvalue weighted by molar-refractivity contribution is -0.135. The Morgan fingerprint density at radius 2 is 1.73 bits per heavy atom. The second-order valence-electron chi connectivity index (χ2n) is 12.5. The van der Waals surface area contributed by atoms with Crippen molar-refractivity contribution < 1.29 is 23.6 Å². The van der Waals surface area contributed by atoms with Crippen LogP contribution < -0.4 is 15.7 Å². The highest BCUT2D eigenvalue weighted by atomic mass is 16.7. The average molecular weight is 517 g/mol. The third kappa shape index (κ3) is 6.93. The highest BCUT2D eigenvalue weighted by molar-refractivity contribution is 6.61. The Morgan fingerprint density at radius 1 is 1.16 bits per heavy atom. The third-order valence-electron chi connectivity index (χ3n) is 7.36. The third-order valence-corrected chi connectivity index (χ3v) is 7.36. The van der Waals surface area contributed by atoms with E-state index in [-0.39, 0.29) is 17.9 Å². The maximum absolute atomic E-state index is 13.4. The van der Waals surface area contributed by atoms with E-state index in [1.807, 2.05) is 58.4 Å². The largest absolute Gasteiger partial charge is 0.498 e. The van der Waals surface area contributed by atoms with Gasteiger partial charge in [-0.1, -0.05) is 13.8 Å². The standard InChI is InChI=1S/C26H44BN5O5/c1-17(2)20(30-23(34)35-24(3,4)5)21(33)32-13-11-12-19(16-32)31(10)22-28-14-18(15-29-22)27-36-25(6,7)26(8,9)37-27/h14-15,17,19-20H,11-13,16H2,1-10H3,(H,30,34). The first kappa shape index (κ1) is 29.2. The van der Waals surface area contributed by atoms with E-state index in [9.17, 15) is 9.59 Å². The number of rotatable bonds is 6. The van der Waals surface area contributed by atoms with Gasteiger partial charge in [0.2, 0.25) is 11.9 Å². The average Bonchev–Trinajstić information content (AvgIpc) is 3.02. The van der Waals surface area contributed by atoms with Crippen molar-refractivity contribution in [1.29, 1.82) is 0 Å². The lowest BCUT2D eigenvalue weighted by Crippen LogP contribution is -2.56. The van der Waals surface area contributed by atoms with Crippen LogP contribution in [0.25, 0.3) is 0 Å². The van der Waals surface area contributed by atoms with E-state index in [1.165, 1.54) is 0 Å². The highest BCUT2D eigenvalue weighted by Crippen LogP contribution is 2.36. The molecule has 3 rings (SSSR count). The fourth-order valence-electron chi connectivity index (χ4n) is 4.39. The fourth-order valence-corrected chi connectivity index (χ4v) is 4.39. The quantitative estimate of drug-likeness (QED) is 0.575. The van der Waals surface area contributed by atoms with Gasteiger partial charge in [-0.05, 0) is 67.2 Å². The molecule has 2 fully saturated rings. The van der Waals surface area contributed by atoms with Gasteiger partial charge in [0.1, 0.15) is 11.6 Å². The molecule has 0 bridgehead atoms. The molecule has 2 amide bonds. The number of carbonyl (C=O) groups excluding carboxylic acids is 2. The number of amides is 2. The van der Waals surface area contributed by atoms with Crippen molar-refractivity contribution in [3.05, 3.63) is 12.4 Å². The van der Waals surface area contributed by atoms with Crippen LogP contribution in [0.3, 0.4) is 0 Å². The van der Waals surface area contributed by atoms with Crippen LogP contribution in [0.5, 0.6) is 0 Å². The Hall–Kier alpha value is -2.40. The molecule has 1 aromatic heterocycles. The number of alkyl carbamates (subject to hydrolysis) is 1. The van der Waals surface area contributed by atoms with E-state index < -0.39 is 36.1 Å². The molecular formula is C26H44BN5O5. The first-order valence-electron chi connectivity index (χ1n) is 13.2. The molecule has 0 saturated carbocycles. The molecule has 2 aliphatic heterocycles. The van der Waals surface area contributed by atoms with Gasteiger partial charge in [0.25, 0.3) is 0 Å². The Bertz CT molecular complexity index is 947. The lowest BCUT2D eigenvalue weighted by Gasteiger charge is -2.39. The number of carbonyl (C=O) groups is 2. The number of hydrogen-bond acceptors (Lipinski definition) is 8. The summed E-state index contributed by atoms with van der Waals surface area (Å²) in [6, 6.07) is -0.607. The SMILES string of the molecule is CC(C)C(NC(=O)OC(C)(C)C)C(=O)N1CCCC(N(C)c2ncc(B3OC(C)(C)C(C)(C)O3)cn2)C1. The van der Waals surface area contributed by atoms with Gasteiger partial charge in [0.15, 0.2) is 0 Å². The van der Waals surface area contributed by atoms with Gasteiger partial charge in [0, 0.05) is 44.0 Å². The normalized spacial score (nSPS) is 22.1. The minimum Gasteiger partial charge on any atom is -0.444 e. The zero-order valence-corrected chi connectivity index (χ0v) is 24.1. The van der Waals surface area contributed by atoms with Crippen LogP contribution >= 0.6 is 0 Å². The van der Waals surface area contributed by atoms with Gasteiger partial charge in [-0.15, -0.1) is 0 Å². The number of hydrogen-bond donors (Lipinski definition) is 1. The van der Waals surface area contributed by atoms with E-state index in [1.54, 1.807) is 33.2 Å². The number of likely N-dealkylation sites (N-methyl/N-ethyl adjacent to an activating group) is 1. The molecule has 10 nitrogen and oxygen atoms in total. The minimum atomic E-state index is -0.658. The summed E-state index contributed by atoms with van der Waals surface area (Å²) >= 11 is 0. The van der Waals surface area contributed by atoms with Gasteiger partial charge in [-0.3, -0.25) is 4.79 Å². The van der Waals surface area contributed by atoms with E-state index in [0.29, 0.717) is 19.0 Å². The molecule has 1 aromatic rings. The van der Waals surface area contributed by atoms with Gasteiger partial charge in [-0.25, -0.2) is 14.8 Å². The van der Waals surface area contributed by atoms with Gasteiger partial charge in [-0.2, -0.15) is 0 Å². The Labute approximate surface area is 222 Å². The lowest BCUT2D eigenvalue weighted by atomic mass is 9.81. The van der Waals surface area contributed by atoms with Gasteiger partial charge >= 0.3 is 13.2 Å². The Balaban J connectivity index is 1.65. The van der Waals surface area contributed by atoms with Crippen LogP contribution in [-0.4, -0.2) is 83.0 Å². The number of nitrogens with zero attached hydrogens (tertiary/aromatic N) is 4. The summed E-state index contributed by atoms with van der Waals surface area (Å²) in [6.07, 6.45) is 4.66. The molecule has 2 atom stereocenters. The summed E-state index contributed by atoms with van der Waals surface area (Å²) in [6.45, 7) is 18.5. The molecule has 3 heterocycles. The van der Waals surface area contributed by atoms with Crippen molar-refractivity contribution in [2.75, 3.05) is 25.0 Å². The maximum atomic E-state index is 13.4. The van der Waals surface area contributed by atoms with E-state index in [2.05, 4.69) is 15.3 Å². The molecule has 1 N–H and O–H groups in total. The Kier molecular flexibility index (Phi) is 8.49. The van der Waals surface area contributed by atoms with Crippen molar-refractivity contribution in [3.63, 3.8) is 0 Å². The molecule has 11 heteroatoms. The summed E-state index contributed by atoms with van der Waals surface area (Å²) in [5, 5.41) is 2.78. The maximum Gasteiger partial charge on any atom is 0.498 e. The van der Waals surface area contributed by atoms with Crippen molar-refractivity contribution in [1.82, 2.24) is 20.2 Å². The predicted molar refractivity (Wildman–Crippen MR) is 144 cm³/mol. The Morgan fingerprint density at radius 3 is 2.24 bits per heavy atom. The number of nitrogens with one attached hydrogen (secondary N) is 1. The summed E-state index contributed by atoms with van der Waals surface area (Å²) in [7, 11) is 1.43. The number of likely N-dealkylation sites (tertiary alicyclic amines) is 1. The molecule has 2 saturated heterocycles. The molecule has 0 aromatic carbocycles. The van der Waals surface area contributed by atoms with Crippen molar-refractivity contribution in [2.45, 2.75) is 104 Å². The second-order valence-corrected chi connectivity index (χ2v) is 12.5. The van der Waals surface area contributed by atoms with Crippen molar-refractivity contribution in [2.24, 2.45) is 5.92 Å². The fraction of sp³-hybridized carbons (Fsp3) is 0.769. The summed E-state index contributed by atoms with van der Waals surface area (Å²) < 4.78 is 17.6. The van der Waals surface area contributed by atoms with E-state index >= 15 is 0 Å². The van der Waals surface area contributed by atoms with Crippen LogP contribution in [0.2, 0.25) is 0 Å². The predicted octanol–water partition coefficient (Wildman–Crippen LogP) is 2.75. The van der Waals surface area contributed by atoms with Crippen LogP contribution in [0.15, 0.2) is 12.4 Å². The number of anilines is 1. The smallest absolute Gasteiger partial charge is 0.444 e.